The van der Waals surface area contributed by atoms with Crippen molar-refractivity contribution in [3.8, 4) is 0 Å². The van der Waals surface area contributed by atoms with Gasteiger partial charge in [-0.2, -0.15) is 21.9 Å². The number of hydrogen-bond donors (Lipinski definition) is 0. The molecule has 0 spiro atoms. The zero-order valence-electron chi connectivity index (χ0n) is 15.2. The topological polar surface area (TPSA) is 95.3 Å². The minimum Gasteiger partial charge on any atom is -0.315 e. The fourth-order valence-electron chi connectivity index (χ4n) is 2.76. The summed E-state index contributed by atoms with van der Waals surface area (Å²) in [7, 11) is 0. The van der Waals surface area contributed by atoms with Crippen molar-refractivity contribution in [1.29, 1.82) is 0 Å². The van der Waals surface area contributed by atoms with Crippen LogP contribution < -0.4 is 4.80 Å². The number of carbonyl (C=O) groups is 1. The Kier molecular flexibility index (Phi) is 5.76. The van der Waals surface area contributed by atoms with E-state index >= 15 is 0 Å². The van der Waals surface area contributed by atoms with Gasteiger partial charge >= 0.3 is 0 Å². The number of thiazole rings is 1. The first-order chi connectivity index (χ1) is 12.9. The van der Waals surface area contributed by atoms with E-state index in [9.17, 15) is 14.9 Å². The number of nitro benzene ring substituents is 1. The summed E-state index contributed by atoms with van der Waals surface area (Å²) in [5.41, 5.74) is 2.07. The van der Waals surface area contributed by atoms with E-state index < -0.39 is 4.92 Å². The molecule has 10 heteroatoms. The molecule has 0 saturated carbocycles. The van der Waals surface area contributed by atoms with Gasteiger partial charge < -0.3 is 4.57 Å². The second-order valence-electron chi connectivity index (χ2n) is 5.84. The van der Waals surface area contributed by atoms with Crippen LogP contribution in [0.5, 0.6) is 0 Å². The predicted molar refractivity (Wildman–Crippen MR) is 107 cm³/mol. The van der Waals surface area contributed by atoms with Crippen LogP contribution in [0.4, 0.5) is 5.69 Å². The molecule has 0 saturated heterocycles. The summed E-state index contributed by atoms with van der Waals surface area (Å²) in [5, 5.41) is 15.3. The van der Waals surface area contributed by atoms with Gasteiger partial charge in [0, 0.05) is 31.0 Å². The predicted octanol–water partition coefficient (Wildman–Crippen LogP) is 3.24. The van der Waals surface area contributed by atoms with Crippen LogP contribution in [0.25, 0.3) is 10.2 Å². The first kappa shape index (κ1) is 19.3. The van der Waals surface area contributed by atoms with Gasteiger partial charge in [0.2, 0.25) is 0 Å². The van der Waals surface area contributed by atoms with Crippen LogP contribution in [-0.2, 0) is 13.1 Å². The Bertz CT molecular complexity index is 1080. The Balaban J connectivity index is 2.14. The van der Waals surface area contributed by atoms with Gasteiger partial charge in [-0.1, -0.05) is 11.3 Å². The average molecular weight is 406 g/mol. The number of aryl methyl sites for hydroxylation is 3. The normalized spacial score (nSPS) is 12.0. The second-order valence-corrected chi connectivity index (χ2v) is 7.84. The van der Waals surface area contributed by atoms with E-state index in [-0.39, 0.29) is 11.6 Å². The Hall–Kier alpha value is -2.46. The van der Waals surface area contributed by atoms with E-state index in [4.69, 9.17) is 0 Å². The van der Waals surface area contributed by atoms with Crippen LogP contribution in [0.2, 0.25) is 0 Å². The number of rotatable bonds is 6. The smallest absolute Gasteiger partial charge is 0.297 e. The molecule has 0 aliphatic carbocycles. The van der Waals surface area contributed by atoms with Crippen molar-refractivity contribution >= 4 is 44.9 Å². The lowest BCUT2D eigenvalue weighted by Crippen LogP contribution is -2.19. The quantitative estimate of drug-likeness (QED) is 0.463. The number of nitrogens with zero attached hydrogens (tertiary/aromatic N) is 5. The molecule has 1 aromatic carbocycles. The van der Waals surface area contributed by atoms with Crippen LogP contribution in [0.3, 0.4) is 0 Å². The third kappa shape index (κ3) is 3.96. The molecule has 2 heterocycles. The number of amides is 1. The van der Waals surface area contributed by atoms with E-state index in [0.717, 1.165) is 21.7 Å². The lowest BCUT2D eigenvalue weighted by Gasteiger charge is -2.04. The number of carbonyl (C=O) groups excluding carboxylic acids is 1. The molecule has 0 aliphatic rings. The van der Waals surface area contributed by atoms with Crippen LogP contribution in [-0.4, -0.2) is 37.2 Å². The van der Waals surface area contributed by atoms with Gasteiger partial charge in [-0.3, -0.25) is 19.6 Å². The van der Waals surface area contributed by atoms with Crippen molar-refractivity contribution < 1.29 is 9.72 Å². The Labute approximate surface area is 163 Å². The highest BCUT2D eigenvalue weighted by molar-refractivity contribution is 7.98. The van der Waals surface area contributed by atoms with Crippen molar-refractivity contribution in [2.45, 2.75) is 26.9 Å². The number of fused-ring (bicyclic) bond motifs is 1. The minimum absolute atomic E-state index is 0.0262. The molecule has 1 amide bonds. The lowest BCUT2D eigenvalue weighted by atomic mass is 10.3. The fourth-order valence-corrected chi connectivity index (χ4v) is 4.21. The molecule has 0 aliphatic heterocycles. The summed E-state index contributed by atoms with van der Waals surface area (Å²) in [6, 6.07) is 6.44. The monoisotopic (exact) mass is 405 g/mol. The van der Waals surface area contributed by atoms with Crippen molar-refractivity contribution in [3.63, 3.8) is 0 Å². The molecule has 2 aromatic heterocycles. The maximum Gasteiger partial charge on any atom is 0.297 e. The molecule has 0 fully saturated rings. The van der Waals surface area contributed by atoms with Gasteiger partial charge in [0.1, 0.15) is 5.69 Å². The van der Waals surface area contributed by atoms with Crippen molar-refractivity contribution in [3.05, 3.63) is 50.6 Å². The summed E-state index contributed by atoms with van der Waals surface area (Å²) in [5.74, 6) is 0.479. The van der Waals surface area contributed by atoms with Gasteiger partial charge in [0.05, 0.1) is 20.8 Å². The molecule has 0 N–H and O–H groups in total. The summed E-state index contributed by atoms with van der Waals surface area (Å²) in [6.45, 7) is 4.99. The van der Waals surface area contributed by atoms with E-state index in [0.29, 0.717) is 23.6 Å². The zero-order valence-corrected chi connectivity index (χ0v) is 16.8. The molecule has 0 unspecified atom stereocenters. The van der Waals surface area contributed by atoms with Crippen molar-refractivity contribution in [1.82, 2.24) is 14.3 Å². The van der Waals surface area contributed by atoms with E-state index in [2.05, 4.69) is 10.1 Å². The average Bonchev–Trinajstić information content (AvgIpc) is 3.19. The highest BCUT2D eigenvalue weighted by Gasteiger charge is 2.15. The fraction of sp³-hybridized carbons (Fsp3) is 0.353. The molecule has 3 rings (SSSR count). The van der Waals surface area contributed by atoms with Gasteiger partial charge in [-0.15, -0.1) is 0 Å². The molecule has 142 valence electrons. The van der Waals surface area contributed by atoms with Gasteiger partial charge in [0.15, 0.2) is 4.80 Å². The van der Waals surface area contributed by atoms with Crippen molar-refractivity contribution in [2.24, 2.45) is 4.99 Å². The van der Waals surface area contributed by atoms with E-state index in [1.165, 1.54) is 23.5 Å². The summed E-state index contributed by atoms with van der Waals surface area (Å²) in [4.78, 5) is 28.2. The zero-order chi connectivity index (χ0) is 19.6. The van der Waals surface area contributed by atoms with Crippen LogP contribution in [0.15, 0.2) is 29.3 Å². The largest absolute Gasteiger partial charge is 0.315 e. The van der Waals surface area contributed by atoms with E-state index in [1.807, 2.05) is 24.7 Å². The summed E-state index contributed by atoms with van der Waals surface area (Å²) < 4.78 is 4.31. The van der Waals surface area contributed by atoms with Gasteiger partial charge in [-0.05, 0) is 32.2 Å². The molecule has 3 aromatic rings. The number of non-ortho nitro benzene ring substituents is 1. The molecule has 0 atom stereocenters. The van der Waals surface area contributed by atoms with Gasteiger partial charge in [-0.25, -0.2) is 0 Å². The standard InChI is InChI=1S/C17H19N5O3S2/c1-4-21-14(9-11(2)19-21)16(23)18-17-20(7-8-26-3)13-6-5-12(22(24)25)10-15(13)27-17/h5-6,9-10H,4,7-8H2,1-3H3. The molecular formula is C17H19N5O3S2. The molecule has 0 radical (unpaired) electrons. The number of hydrogen-bond acceptors (Lipinski definition) is 6. The molecule has 8 nitrogen and oxygen atoms in total. The van der Waals surface area contributed by atoms with Gasteiger partial charge in [0.25, 0.3) is 11.6 Å². The highest BCUT2D eigenvalue weighted by Crippen LogP contribution is 2.23. The third-order valence-corrected chi connectivity index (χ3v) is 5.65. The highest BCUT2D eigenvalue weighted by atomic mass is 32.2. The molecular weight excluding hydrogens is 386 g/mol. The SMILES string of the molecule is CCn1nc(C)cc1C(=O)N=c1sc2cc([N+](=O)[O-])ccc2n1CCSC. The summed E-state index contributed by atoms with van der Waals surface area (Å²) in [6.07, 6.45) is 2.00. The van der Waals surface area contributed by atoms with Crippen LogP contribution in [0, 0.1) is 17.0 Å². The lowest BCUT2D eigenvalue weighted by molar-refractivity contribution is -0.384. The summed E-state index contributed by atoms with van der Waals surface area (Å²) >= 11 is 2.97. The number of thioether (sulfide) groups is 1. The Morgan fingerprint density at radius 3 is 2.85 bits per heavy atom. The van der Waals surface area contributed by atoms with Crippen molar-refractivity contribution in [2.75, 3.05) is 12.0 Å². The number of aromatic nitrogens is 3. The first-order valence-electron chi connectivity index (χ1n) is 8.34. The van der Waals surface area contributed by atoms with Crippen LogP contribution >= 0.6 is 23.1 Å². The Morgan fingerprint density at radius 1 is 1.41 bits per heavy atom. The molecule has 27 heavy (non-hydrogen) atoms. The second kappa shape index (κ2) is 8.05. The first-order valence-corrected chi connectivity index (χ1v) is 10.6. The number of benzene rings is 1. The van der Waals surface area contributed by atoms with E-state index in [1.54, 1.807) is 28.6 Å². The Morgan fingerprint density at radius 2 is 2.19 bits per heavy atom. The number of nitro groups is 1. The third-order valence-electron chi connectivity index (χ3n) is 4.01. The maximum absolute atomic E-state index is 12.7. The maximum atomic E-state index is 12.7. The van der Waals surface area contributed by atoms with Crippen LogP contribution in [0.1, 0.15) is 23.1 Å². The molecule has 0 bridgehead atoms. The minimum atomic E-state index is -0.421.